The number of nitrogens with one attached hydrogen (secondary N) is 2. The first-order chi connectivity index (χ1) is 15.8. The van der Waals surface area contributed by atoms with Crippen molar-refractivity contribution in [1.82, 2.24) is 10.3 Å². The molecule has 0 bridgehead atoms. The monoisotopic (exact) mass is 625 g/mol. The third kappa shape index (κ3) is 8.22. The molecule has 1 aromatic heterocycles. The number of hydrogen-bond donors (Lipinski definition) is 2. The van der Waals surface area contributed by atoms with E-state index < -0.39 is 0 Å². The van der Waals surface area contributed by atoms with Crippen LogP contribution in [0, 0.1) is 16.0 Å². The van der Waals surface area contributed by atoms with E-state index >= 15 is 0 Å². The van der Waals surface area contributed by atoms with Crippen molar-refractivity contribution in [3.05, 3.63) is 45.5 Å². The van der Waals surface area contributed by atoms with Crippen LogP contribution in [-0.2, 0) is 4.79 Å². The molecule has 2 rings (SSSR count). The van der Waals surface area contributed by atoms with E-state index in [0.29, 0.717) is 23.7 Å². The number of hydrogen-bond acceptors (Lipinski definition) is 8. The number of halogens is 2. The van der Waals surface area contributed by atoms with E-state index in [1.165, 1.54) is 9.12 Å². The molecule has 33 heavy (non-hydrogen) atoms. The van der Waals surface area contributed by atoms with Crippen molar-refractivity contribution in [2.24, 2.45) is 5.92 Å². The highest BCUT2D eigenvalue weighted by molar-refractivity contribution is 14.2. The van der Waals surface area contributed by atoms with Crippen molar-refractivity contribution in [1.29, 1.82) is 0 Å². The van der Waals surface area contributed by atoms with Crippen LogP contribution >= 0.6 is 53.7 Å². The van der Waals surface area contributed by atoms with Gasteiger partial charge in [0.1, 0.15) is 5.69 Å². The SMILES string of the molecule is C=C(Cl)/C=C\SCC(CC)N(SI)c1ccnc(NC2CCC(C(=O)NCC)C2)c1[N+](=O)[O-]. The van der Waals surface area contributed by atoms with Crippen molar-refractivity contribution in [3.63, 3.8) is 0 Å². The third-order valence-electron chi connectivity index (χ3n) is 5.33. The Morgan fingerprint density at radius 3 is 2.88 bits per heavy atom. The Morgan fingerprint density at radius 2 is 2.27 bits per heavy atom. The molecule has 0 aromatic carbocycles. The van der Waals surface area contributed by atoms with Gasteiger partial charge in [-0.1, -0.05) is 25.1 Å². The molecule has 1 aromatic rings. The fourth-order valence-electron chi connectivity index (χ4n) is 3.70. The topological polar surface area (TPSA) is 100 Å². The molecule has 1 heterocycles. The fraction of sp³-hybridized carbons (Fsp3) is 0.524. The predicted molar refractivity (Wildman–Crippen MR) is 149 cm³/mol. The first kappa shape index (κ1) is 28.1. The van der Waals surface area contributed by atoms with Crippen molar-refractivity contribution in [2.45, 2.75) is 51.6 Å². The van der Waals surface area contributed by atoms with Gasteiger partial charge in [0.15, 0.2) is 0 Å². The quantitative estimate of drug-likeness (QED) is 0.0868. The molecule has 1 amide bonds. The number of anilines is 2. The van der Waals surface area contributed by atoms with Crippen LogP contribution in [0.3, 0.4) is 0 Å². The lowest BCUT2D eigenvalue weighted by molar-refractivity contribution is -0.383. The van der Waals surface area contributed by atoms with Gasteiger partial charge in [-0.2, -0.15) is 0 Å². The molecule has 0 saturated heterocycles. The average molecular weight is 626 g/mol. The molecule has 8 nitrogen and oxygen atoms in total. The van der Waals surface area contributed by atoms with Crippen LogP contribution in [0.2, 0.25) is 0 Å². The van der Waals surface area contributed by atoms with Gasteiger partial charge in [0, 0.05) is 65.8 Å². The molecule has 1 fully saturated rings. The molecule has 0 aliphatic heterocycles. The fourth-order valence-corrected chi connectivity index (χ4v) is 7.07. The summed E-state index contributed by atoms with van der Waals surface area (Å²) in [6, 6.07) is 1.70. The molecule has 1 saturated carbocycles. The number of aromatic nitrogens is 1. The highest BCUT2D eigenvalue weighted by atomic mass is 127. The molecule has 1 aliphatic carbocycles. The average Bonchev–Trinajstić information content (AvgIpc) is 3.24. The number of allylic oxidation sites excluding steroid dienone is 2. The minimum atomic E-state index is -0.377. The van der Waals surface area contributed by atoms with E-state index in [2.05, 4.69) is 50.3 Å². The summed E-state index contributed by atoms with van der Waals surface area (Å²) in [4.78, 5) is 28.2. The van der Waals surface area contributed by atoms with Crippen LogP contribution in [0.25, 0.3) is 0 Å². The minimum Gasteiger partial charge on any atom is -0.362 e. The maximum Gasteiger partial charge on any atom is 0.335 e. The van der Waals surface area contributed by atoms with Gasteiger partial charge in [-0.05, 0) is 50.2 Å². The van der Waals surface area contributed by atoms with E-state index in [1.54, 1.807) is 30.1 Å². The number of nitro groups is 1. The summed E-state index contributed by atoms with van der Waals surface area (Å²) in [6.45, 7) is 8.18. The lowest BCUT2D eigenvalue weighted by Crippen LogP contribution is -2.31. The number of rotatable bonds is 13. The largest absolute Gasteiger partial charge is 0.362 e. The Hall–Kier alpha value is -1.18. The van der Waals surface area contributed by atoms with Crippen LogP contribution in [-0.4, -0.2) is 40.2 Å². The molecule has 0 spiro atoms. The molecule has 12 heteroatoms. The molecule has 2 N–H and O–H groups in total. The number of pyridine rings is 1. The highest BCUT2D eigenvalue weighted by Gasteiger charge is 2.33. The van der Waals surface area contributed by atoms with E-state index in [4.69, 9.17) is 11.6 Å². The van der Waals surface area contributed by atoms with E-state index in [1.807, 2.05) is 16.6 Å². The van der Waals surface area contributed by atoms with Crippen LogP contribution < -0.4 is 14.9 Å². The van der Waals surface area contributed by atoms with Gasteiger partial charge in [-0.3, -0.25) is 19.2 Å². The van der Waals surface area contributed by atoms with Gasteiger partial charge in [0.25, 0.3) is 0 Å². The summed E-state index contributed by atoms with van der Waals surface area (Å²) < 4.78 is 1.97. The van der Waals surface area contributed by atoms with E-state index in [-0.39, 0.29) is 40.3 Å². The van der Waals surface area contributed by atoms with Gasteiger partial charge < -0.3 is 10.6 Å². The Morgan fingerprint density at radius 1 is 1.52 bits per heavy atom. The van der Waals surface area contributed by atoms with Crippen molar-refractivity contribution >= 4 is 76.8 Å². The smallest absolute Gasteiger partial charge is 0.335 e. The molecule has 3 atom stereocenters. The number of thioether (sulfide) groups is 1. The summed E-state index contributed by atoms with van der Waals surface area (Å²) in [5.41, 5.74) is 0.463. The third-order valence-corrected chi connectivity index (χ3v) is 8.28. The summed E-state index contributed by atoms with van der Waals surface area (Å²) in [5, 5.41) is 20.6. The maximum absolute atomic E-state index is 12.2. The maximum atomic E-state index is 12.2. The van der Waals surface area contributed by atoms with E-state index in [9.17, 15) is 14.9 Å². The molecule has 182 valence electrons. The zero-order valence-electron chi connectivity index (χ0n) is 18.6. The van der Waals surface area contributed by atoms with Crippen LogP contribution in [0.5, 0.6) is 0 Å². The van der Waals surface area contributed by atoms with Gasteiger partial charge in [0.2, 0.25) is 11.7 Å². The van der Waals surface area contributed by atoms with E-state index in [0.717, 1.165) is 25.0 Å². The zero-order valence-corrected chi connectivity index (χ0v) is 23.2. The van der Waals surface area contributed by atoms with Crippen LogP contribution in [0.4, 0.5) is 17.2 Å². The first-order valence-corrected chi connectivity index (χ1v) is 15.4. The normalized spacial score (nSPS) is 18.8. The Kier molecular flexibility index (Phi) is 12.1. The molecular weight excluding hydrogens is 597 g/mol. The van der Waals surface area contributed by atoms with Crippen molar-refractivity contribution in [3.8, 4) is 0 Å². The van der Waals surface area contributed by atoms with Gasteiger partial charge in [-0.25, -0.2) is 4.98 Å². The van der Waals surface area contributed by atoms with Crippen LogP contribution in [0.1, 0.15) is 39.5 Å². The Balaban J connectivity index is 2.23. The molecule has 3 unspecified atom stereocenters. The van der Waals surface area contributed by atoms with Crippen molar-refractivity contribution in [2.75, 3.05) is 21.9 Å². The minimum absolute atomic E-state index is 0.0360. The van der Waals surface area contributed by atoms with Gasteiger partial charge in [0.05, 0.1) is 11.0 Å². The predicted octanol–water partition coefficient (Wildman–Crippen LogP) is 6.29. The number of carbonyl (C=O) groups excluding carboxylic acids is 1. The molecule has 1 aliphatic rings. The number of carbonyl (C=O) groups is 1. The summed E-state index contributed by atoms with van der Waals surface area (Å²) >= 11 is 9.51. The lowest BCUT2D eigenvalue weighted by atomic mass is 10.1. The summed E-state index contributed by atoms with van der Waals surface area (Å²) in [7, 11) is 1.42. The summed E-state index contributed by atoms with van der Waals surface area (Å²) in [6.07, 6.45) is 6.28. The Bertz CT molecular complexity index is 876. The second kappa shape index (κ2) is 14.3. The second-order valence-electron chi connectivity index (χ2n) is 7.57. The van der Waals surface area contributed by atoms with Gasteiger partial charge in [-0.15, -0.1) is 11.8 Å². The first-order valence-electron chi connectivity index (χ1n) is 10.7. The second-order valence-corrected chi connectivity index (χ2v) is 10.7. The molecular formula is C21H29ClIN5O3S2. The zero-order chi connectivity index (χ0) is 24.4. The highest BCUT2D eigenvalue weighted by Crippen LogP contribution is 2.42. The van der Waals surface area contributed by atoms with Gasteiger partial charge >= 0.3 is 5.69 Å². The lowest BCUT2D eigenvalue weighted by Gasteiger charge is -2.29. The summed E-state index contributed by atoms with van der Waals surface area (Å²) in [5.74, 6) is 0.937. The standard InChI is InChI=1S/C21H29ClIN5O3S2/c1-4-17(13-32-11-9-14(3)22)27(33-23)18-8-10-25-20(19(18)28(30)31)26-16-7-6-15(12-16)21(29)24-5-2/h8-11,15-17H,3-7,12-13H2,1-2H3,(H,24,29)(H,25,26)/b11-9-. The number of amides is 1. The Labute approximate surface area is 220 Å². The van der Waals surface area contributed by atoms with Crippen molar-refractivity contribution < 1.29 is 9.72 Å². The molecule has 0 radical (unpaired) electrons. The number of nitrogens with zero attached hydrogens (tertiary/aromatic N) is 3. The van der Waals surface area contributed by atoms with Crippen LogP contribution in [0.15, 0.2) is 35.4 Å².